The zero-order chi connectivity index (χ0) is 24.9. The Morgan fingerprint density at radius 3 is 2.35 bits per heavy atom. The molecule has 0 saturated carbocycles. The topological polar surface area (TPSA) is 108 Å². The van der Waals surface area contributed by atoms with E-state index in [0.717, 1.165) is 36.5 Å². The molecule has 0 aliphatic carbocycles. The minimum absolute atomic E-state index is 0.0366. The van der Waals surface area contributed by atoms with Gasteiger partial charge in [-0.25, -0.2) is 12.7 Å². The van der Waals surface area contributed by atoms with Gasteiger partial charge in [0, 0.05) is 45.7 Å². The molecule has 2 aromatic rings. The summed E-state index contributed by atoms with van der Waals surface area (Å²) in [5, 5.41) is 3.41. The van der Waals surface area contributed by atoms with E-state index in [0.29, 0.717) is 13.0 Å². The number of nitrogen functional groups attached to an aromatic ring is 1. The molecule has 0 unspecified atom stereocenters. The predicted molar refractivity (Wildman–Crippen MR) is 137 cm³/mol. The van der Waals surface area contributed by atoms with Gasteiger partial charge in [0.15, 0.2) is 0 Å². The number of likely N-dealkylation sites (N-methyl/N-ethyl adjacent to an activating group) is 1. The molecule has 0 radical (unpaired) electrons. The summed E-state index contributed by atoms with van der Waals surface area (Å²) in [6.07, 6.45) is 1.36. The second-order valence-corrected chi connectivity index (χ2v) is 11.0. The maximum Gasteiger partial charge on any atom is 0.242 e. The van der Waals surface area contributed by atoms with Crippen molar-refractivity contribution in [3.8, 4) is 0 Å². The van der Waals surface area contributed by atoms with E-state index in [1.807, 2.05) is 24.3 Å². The van der Waals surface area contributed by atoms with Crippen molar-refractivity contribution < 1.29 is 13.2 Å². The minimum Gasteiger partial charge on any atom is -0.396 e. The van der Waals surface area contributed by atoms with Gasteiger partial charge >= 0.3 is 0 Å². The molecule has 3 N–H and O–H groups in total. The van der Waals surface area contributed by atoms with Crippen LogP contribution < -0.4 is 11.1 Å². The smallest absolute Gasteiger partial charge is 0.242 e. The van der Waals surface area contributed by atoms with E-state index in [9.17, 15) is 13.2 Å². The lowest BCUT2D eigenvalue weighted by Gasteiger charge is -2.20. The normalized spacial score (nSPS) is 13.6. The quantitative estimate of drug-likeness (QED) is 0.463. The van der Waals surface area contributed by atoms with Crippen LogP contribution in [0.15, 0.2) is 46.3 Å². The Bertz CT molecular complexity index is 1150. The molecule has 1 aliphatic heterocycles. The second kappa shape index (κ2) is 11.4. The number of amidine groups is 1. The van der Waals surface area contributed by atoms with Gasteiger partial charge in [0.25, 0.3) is 0 Å². The fourth-order valence-corrected chi connectivity index (χ4v) is 5.38. The molecule has 0 spiro atoms. The Kier molecular flexibility index (Phi) is 8.81. The number of amides is 1. The summed E-state index contributed by atoms with van der Waals surface area (Å²) in [6, 6.07) is 10.7. The van der Waals surface area contributed by atoms with Crippen molar-refractivity contribution in [2.75, 3.05) is 46.0 Å². The number of aliphatic imine (C=N–C) groups is 1. The maximum absolute atomic E-state index is 12.8. The Labute approximate surface area is 210 Å². The number of nitrogens with two attached hydrogens (primary N) is 1. The van der Waals surface area contributed by atoms with Crippen molar-refractivity contribution in [3.05, 3.63) is 57.6 Å². The Balaban J connectivity index is 1.45. The number of hydrogen-bond acceptors (Lipinski definition) is 6. The molecule has 34 heavy (non-hydrogen) atoms. The van der Waals surface area contributed by atoms with E-state index in [1.165, 1.54) is 23.5 Å². The monoisotopic (exact) mass is 525 g/mol. The van der Waals surface area contributed by atoms with Gasteiger partial charge in [-0.1, -0.05) is 47.5 Å². The summed E-state index contributed by atoms with van der Waals surface area (Å²) < 4.78 is 26.8. The van der Waals surface area contributed by atoms with Gasteiger partial charge in [0.2, 0.25) is 15.9 Å². The average Bonchev–Trinajstić information content (AvgIpc) is 3.35. The number of carbonyl (C=O) groups is 1. The van der Waals surface area contributed by atoms with Crippen molar-refractivity contribution in [1.82, 2.24) is 14.5 Å². The first-order valence-electron chi connectivity index (χ1n) is 10.9. The Morgan fingerprint density at radius 1 is 1.12 bits per heavy atom. The Morgan fingerprint density at radius 2 is 1.76 bits per heavy atom. The summed E-state index contributed by atoms with van der Waals surface area (Å²) in [6.45, 7) is 2.43. The van der Waals surface area contributed by atoms with Crippen LogP contribution in [0.2, 0.25) is 10.0 Å². The number of anilines is 1. The SMILES string of the molecule is CN(CCc1ccc(C2=NCCN2)cc1)C(=O)CCCN(C)S(=O)(=O)c1cc(Cl)c(N)c(Cl)c1. The fourth-order valence-electron chi connectivity index (χ4n) is 3.50. The molecule has 1 aliphatic rings. The zero-order valence-corrected chi connectivity index (χ0v) is 21.6. The van der Waals surface area contributed by atoms with Gasteiger partial charge in [-0.3, -0.25) is 9.79 Å². The lowest BCUT2D eigenvalue weighted by molar-refractivity contribution is -0.130. The number of rotatable bonds is 10. The van der Waals surface area contributed by atoms with E-state index in [4.69, 9.17) is 28.9 Å². The highest BCUT2D eigenvalue weighted by Crippen LogP contribution is 2.31. The van der Waals surface area contributed by atoms with Crippen LogP contribution in [0.5, 0.6) is 0 Å². The average molecular weight is 526 g/mol. The lowest BCUT2D eigenvalue weighted by atomic mass is 10.1. The zero-order valence-electron chi connectivity index (χ0n) is 19.2. The van der Waals surface area contributed by atoms with Gasteiger partial charge in [0.05, 0.1) is 27.2 Å². The van der Waals surface area contributed by atoms with Crippen LogP contribution in [0.3, 0.4) is 0 Å². The third kappa shape index (κ3) is 6.41. The van der Waals surface area contributed by atoms with Crippen LogP contribution in [-0.2, 0) is 21.2 Å². The van der Waals surface area contributed by atoms with Crippen LogP contribution in [0, 0.1) is 0 Å². The standard InChI is InChI=1S/C23H29Cl2N5O3S/c1-29(13-9-16-5-7-17(8-6-16)23-27-10-11-28-23)21(31)4-3-12-30(2)34(32,33)18-14-19(24)22(26)20(25)15-18/h5-8,14-15H,3-4,9-13,26H2,1-2H3,(H,27,28). The number of hydrogen-bond donors (Lipinski definition) is 2. The van der Waals surface area contributed by atoms with Gasteiger partial charge in [-0.15, -0.1) is 0 Å². The molecular weight excluding hydrogens is 497 g/mol. The number of carbonyl (C=O) groups excluding carboxylic acids is 1. The third-order valence-electron chi connectivity index (χ3n) is 5.69. The van der Waals surface area contributed by atoms with Gasteiger partial charge < -0.3 is 16.0 Å². The van der Waals surface area contributed by atoms with Gasteiger partial charge in [-0.2, -0.15) is 0 Å². The molecule has 1 amide bonds. The second-order valence-electron chi connectivity index (χ2n) is 8.15. The summed E-state index contributed by atoms with van der Waals surface area (Å²) in [5.41, 5.74) is 8.01. The number of halogens is 2. The van der Waals surface area contributed by atoms with Crippen molar-refractivity contribution in [1.29, 1.82) is 0 Å². The molecule has 1 heterocycles. The molecular formula is C23H29Cl2N5O3S. The first-order valence-corrected chi connectivity index (χ1v) is 13.1. The van der Waals surface area contributed by atoms with Crippen molar-refractivity contribution in [2.24, 2.45) is 4.99 Å². The molecule has 0 atom stereocenters. The van der Waals surface area contributed by atoms with E-state index in [1.54, 1.807) is 11.9 Å². The molecule has 2 aromatic carbocycles. The lowest BCUT2D eigenvalue weighted by Crippen LogP contribution is -2.31. The molecule has 0 bridgehead atoms. The van der Waals surface area contributed by atoms with Crippen LogP contribution in [0.25, 0.3) is 0 Å². The molecule has 3 rings (SSSR count). The van der Waals surface area contributed by atoms with E-state index in [2.05, 4.69) is 10.3 Å². The highest BCUT2D eigenvalue weighted by atomic mass is 35.5. The summed E-state index contributed by atoms with van der Waals surface area (Å²) >= 11 is 11.9. The van der Waals surface area contributed by atoms with E-state index in [-0.39, 0.29) is 39.5 Å². The van der Waals surface area contributed by atoms with Crippen LogP contribution in [0.4, 0.5) is 5.69 Å². The van der Waals surface area contributed by atoms with Gasteiger partial charge in [-0.05, 0) is 30.5 Å². The van der Waals surface area contributed by atoms with Crippen LogP contribution in [0.1, 0.15) is 24.0 Å². The summed E-state index contributed by atoms with van der Waals surface area (Å²) in [4.78, 5) is 18.6. The maximum atomic E-state index is 12.8. The number of nitrogens with one attached hydrogen (secondary N) is 1. The summed E-state index contributed by atoms with van der Waals surface area (Å²) in [5.74, 6) is 0.888. The highest BCUT2D eigenvalue weighted by molar-refractivity contribution is 7.89. The van der Waals surface area contributed by atoms with Crippen LogP contribution >= 0.6 is 23.2 Å². The third-order valence-corrected chi connectivity index (χ3v) is 8.15. The van der Waals surface area contributed by atoms with Crippen molar-refractivity contribution >= 4 is 50.7 Å². The summed E-state index contributed by atoms with van der Waals surface area (Å²) in [7, 11) is -0.591. The van der Waals surface area contributed by atoms with Crippen LogP contribution in [-0.4, -0.2) is 69.6 Å². The number of sulfonamides is 1. The molecule has 0 fully saturated rings. The van der Waals surface area contributed by atoms with Gasteiger partial charge in [0.1, 0.15) is 5.84 Å². The fraction of sp³-hybridized carbons (Fsp3) is 0.391. The Hall–Kier alpha value is -2.33. The van der Waals surface area contributed by atoms with E-state index < -0.39 is 10.0 Å². The molecule has 8 nitrogen and oxygen atoms in total. The first-order chi connectivity index (χ1) is 16.1. The largest absolute Gasteiger partial charge is 0.396 e. The van der Waals surface area contributed by atoms with E-state index >= 15 is 0 Å². The first kappa shape index (κ1) is 26.3. The number of nitrogens with zero attached hydrogens (tertiary/aromatic N) is 3. The predicted octanol–water partition coefficient (Wildman–Crippen LogP) is 3.03. The molecule has 11 heteroatoms. The number of benzene rings is 2. The molecule has 0 saturated heterocycles. The molecule has 0 aromatic heterocycles. The highest BCUT2D eigenvalue weighted by Gasteiger charge is 2.23. The molecule has 184 valence electrons. The van der Waals surface area contributed by atoms with Crippen molar-refractivity contribution in [3.63, 3.8) is 0 Å². The minimum atomic E-state index is -3.80. The van der Waals surface area contributed by atoms with Crippen molar-refractivity contribution in [2.45, 2.75) is 24.2 Å².